The van der Waals surface area contributed by atoms with Crippen LogP contribution in [0.4, 0.5) is 4.39 Å². The molecular weight excluding hydrogens is 239 g/mol. The summed E-state index contributed by atoms with van der Waals surface area (Å²) in [5.74, 6) is -1.42. The second-order valence-electron chi connectivity index (χ2n) is 3.68. The van der Waals surface area contributed by atoms with E-state index in [-0.39, 0.29) is 18.1 Å². The number of carbonyl (C=O) groups is 1. The third-order valence-corrected chi connectivity index (χ3v) is 2.34. The van der Waals surface area contributed by atoms with Gasteiger partial charge in [-0.25, -0.2) is 14.2 Å². The summed E-state index contributed by atoms with van der Waals surface area (Å²) >= 11 is 0. The number of carboxylic acids is 1. The molecule has 1 heterocycles. The Hall–Kier alpha value is -2.50. The van der Waals surface area contributed by atoms with Gasteiger partial charge in [-0.1, -0.05) is 12.1 Å². The summed E-state index contributed by atoms with van der Waals surface area (Å²) in [7, 11) is 0. The summed E-state index contributed by atoms with van der Waals surface area (Å²) in [4.78, 5) is 28.2. The van der Waals surface area contributed by atoms with E-state index in [2.05, 4.69) is 9.97 Å². The van der Waals surface area contributed by atoms with Crippen molar-refractivity contribution in [3.05, 3.63) is 63.6 Å². The van der Waals surface area contributed by atoms with Gasteiger partial charge < -0.3 is 10.1 Å². The van der Waals surface area contributed by atoms with E-state index in [0.29, 0.717) is 5.56 Å². The molecule has 0 aliphatic carbocycles. The molecule has 5 nitrogen and oxygen atoms in total. The fourth-order valence-corrected chi connectivity index (χ4v) is 1.51. The minimum atomic E-state index is -1.33. The molecule has 92 valence electrons. The van der Waals surface area contributed by atoms with Gasteiger partial charge in [-0.2, -0.15) is 0 Å². The second-order valence-corrected chi connectivity index (χ2v) is 3.68. The number of aromatic nitrogens is 2. The van der Waals surface area contributed by atoms with Gasteiger partial charge in [0.15, 0.2) is 0 Å². The van der Waals surface area contributed by atoms with Crippen molar-refractivity contribution in [1.29, 1.82) is 0 Å². The Morgan fingerprint density at radius 2 is 2.22 bits per heavy atom. The number of nitrogens with zero attached hydrogens (tertiary/aromatic N) is 1. The molecule has 0 aliphatic heterocycles. The van der Waals surface area contributed by atoms with Crippen LogP contribution in [-0.2, 0) is 6.42 Å². The van der Waals surface area contributed by atoms with E-state index < -0.39 is 17.1 Å². The monoisotopic (exact) mass is 248 g/mol. The minimum Gasteiger partial charge on any atom is -0.477 e. The van der Waals surface area contributed by atoms with Crippen molar-refractivity contribution in [3.63, 3.8) is 0 Å². The Balaban J connectivity index is 2.28. The van der Waals surface area contributed by atoms with Crippen LogP contribution >= 0.6 is 0 Å². The maximum absolute atomic E-state index is 12.9. The van der Waals surface area contributed by atoms with Crippen molar-refractivity contribution in [2.24, 2.45) is 0 Å². The lowest BCUT2D eigenvalue weighted by Crippen LogP contribution is -2.20. The number of carboxylic acid groups (broad SMARTS) is 1. The van der Waals surface area contributed by atoms with Crippen LogP contribution in [0.5, 0.6) is 0 Å². The Morgan fingerprint density at radius 1 is 1.44 bits per heavy atom. The van der Waals surface area contributed by atoms with Gasteiger partial charge in [0.2, 0.25) is 0 Å². The number of hydrogen-bond acceptors (Lipinski definition) is 3. The maximum Gasteiger partial charge on any atom is 0.342 e. The van der Waals surface area contributed by atoms with Crippen molar-refractivity contribution in [1.82, 2.24) is 9.97 Å². The molecule has 18 heavy (non-hydrogen) atoms. The fourth-order valence-electron chi connectivity index (χ4n) is 1.51. The number of halogens is 1. The van der Waals surface area contributed by atoms with E-state index in [1.165, 1.54) is 12.1 Å². The van der Waals surface area contributed by atoms with Crippen molar-refractivity contribution in [3.8, 4) is 0 Å². The van der Waals surface area contributed by atoms with Crippen molar-refractivity contribution < 1.29 is 14.3 Å². The molecule has 0 fully saturated rings. The molecular formula is C12H9FN2O3. The highest BCUT2D eigenvalue weighted by Crippen LogP contribution is 2.07. The van der Waals surface area contributed by atoms with E-state index >= 15 is 0 Å². The number of rotatable bonds is 3. The number of aromatic amines is 1. The lowest BCUT2D eigenvalue weighted by atomic mass is 10.1. The van der Waals surface area contributed by atoms with Crippen LogP contribution in [0, 0.1) is 5.82 Å². The summed E-state index contributed by atoms with van der Waals surface area (Å²) in [6.07, 6.45) is 1.22. The van der Waals surface area contributed by atoms with E-state index in [1.54, 1.807) is 12.1 Å². The van der Waals surface area contributed by atoms with E-state index in [1.807, 2.05) is 0 Å². The van der Waals surface area contributed by atoms with Crippen molar-refractivity contribution >= 4 is 5.97 Å². The zero-order valence-electron chi connectivity index (χ0n) is 9.18. The molecule has 2 N–H and O–H groups in total. The quantitative estimate of drug-likeness (QED) is 0.854. The Labute approximate surface area is 101 Å². The molecule has 0 saturated heterocycles. The molecule has 2 aromatic rings. The summed E-state index contributed by atoms with van der Waals surface area (Å²) in [5, 5.41) is 8.67. The maximum atomic E-state index is 12.9. The summed E-state index contributed by atoms with van der Waals surface area (Å²) < 4.78 is 12.9. The second kappa shape index (κ2) is 4.79. The molecule has 0 saturated carbocycles. The average Bonchev–Trinajstić information content (AvgIpc) is 2.28. The van der Waals surface area contributed by atoms with Gasteiger partial charge in [0, 0.05) is 12.6 Å². The van der Waals surface area contributed by atoms with Gasteiger partial charge in [0.1, 0.15) is 17.2 Å². The molecule has 6 heteroatoms. The molecule has 0 unspecified atom stereocenters. The third kappa shape index (κ3) is 2.60. The molecule has 1 aromatic heterocycles. The van der Waals surface area contributed by atoms with Gasteiger partial charge in [0.05, 0.1) is 0 Å². The predicted molar refractivity (Wildman–Crippen MR) is 61.0 cm³/mol. The number of nitrogens with one attached hydrogen (secondary N) is 1. The lowest BCUT2D eigenvalue weighted by molar-refractivity contribution is 0.0694. The van der Waals surface area contributed by atoms with Gasteiger partial charge in [-0.05, 0) is 17.7 Å². The van der Waals surface area contributed by atoms with Crippen LogP contribution in [0.15, 0.2) is 35.3 Å². The molecule has 0 amide bonds. The first-order valence-corrected chi connectivity index (χ1v) is 5.12. The highest BCUT2D eigenvalue weighted by molar-refractivity contribution is 5.86. The topological polar surface area (TPSA) is 83.0 Å². The third-order valence-electron chi connectivity index (χ3n) is 2.34. The zero-order chi connectivity index (χ0) is 13.1. The summed E-state index contributed by atoms with van der Waals surface area (Å²) in [6, 6.07) is 5.88. The molecule has 0 aliphatic rings. The molecule has 0 radical (unpaired) electrons. The fraction of sp³-hybridized carbons (Fsp3) is 0.0833. The van der Waals surface area contributed by atoms with Crippen LogP contribution in [0.25, 0.3) is 0 Å². The highest BCUT2D eigenvalue weighted by atomic mass is 19.1. The van der Waals surface area contributed by atoms with Crippen molar-refractivity contribution in [2.45, 2.75) is 6.42 Å². The molecule has 0 bridgehead atoms. The first-order chi connectivity index (χ1) is 8.56. The Morgan fingerprint density at radius 3 is 2.83 bits per heavy atom. The van der Waals surface area contributed by atoms with Crippen LogP contribution < -0.4 is 5.56 Å². The molecule has 2 rings (SSSR count). The first-order valence-electron chi connectivity index (χ1n) is 5.12. The Kier molecular flexibility index (Phi) is 3.18. The van der Waals surface area contributed by atoms with Gasteiger partial charge in [0.25, 0.3) is 5.56 Å². The summed E-state index contributed by atoms with van der Waals surface area (Å²) in [5.41, 5.74) is -0.497. The number of aromatic carboxylic acids is 1. The SMILES string of the molecule is O=C(O)c1cnc(Cc2cccc(F)c2)[nH]c1=O. The largest absolute Gasteiger partial charge is 0.477 e. The zero-order valence-corrected chi connectivity index (χ0v) is 9.18. The predicted octanol–water partition coefficient (Wildman–Crippen LogP) is 1.20. The smallest absolute Gasteiger partial charge is 0.342 e. The number of hydrogen-bond donors (Lipinski definition) is 2. The molecule has 1 aromatic carbocycles. The number of H-pyrrole nitrogens is 1. The standard InChI is InChI=1S/C12H9FN2O3/c13-8-3-1-2-7(4-8)5-10-14-6-9(12(17)18)11(16)15-10/h1-4,6H,5H2,(H,17,18)(H,14,15,16). The molecule has 0 spiro atoms. The highest BCUT2D eigenvalue weighted by Gasteiger charge is 2.10. The lowest BCUT2D eigenvalue weighted by Gasteiger charge is -2.01. The van der Waals surface area contributed by atoms with Crippen LogP contribution in [0.1, 0.15) is 21.7 Å². The van der Waals surface area contributed by atoms with Crippen LogP contribution in [0.2, 0.25) is 0 Å². The minimum absolute atomic E-state index is 0.229. The van der Waals surface area contributed by atoms with E-state index in [9.17, 15) is 14.0 Å². The van der Waals surface area contributed by atoms with E-state index in [4.69, 9.17) is 5.11 Å². The first kappa shape index (κ1) is 12.0. The van der Waals surface area contributed by atoms with Gasteiger partial charge in [-0.3, -0.25) is 4.79 Å². The van der Waals surface area contributed by atoms with Crippen molar-refractivity contribution in [2.75, 3.05) is 0 Å². The van der Waals surface area contributed by atoms with Crippen LogP contribution in [-0.4, -0.2) is 21.0 Å². The van der Waals surface area contributed by atoms with E-state index in [0.717, 1.165) is 6.20 Å². The Bertz CT molecular complexity index is 652. The van der Waals surface area contributed by atoms with Gasteiger partial charge >= 0.3 is 5.97 Å². The average molecular weight is 248 g/mol. The molecule has 0 atom stereocenters. The summed E-state index contributed by atoms with van der Waals surface area (Å²) in [6.45, 7) is 0. The van der Waals surface area contributed by atoms with Gasteiger partial charge in [-0.15, -0.1) is 0 Å². The normalized spacial score (nSPS) is 10.3. The van der Waals surface area contributed by atoms with Crippen LogP contribution in [0.3, 0.4) is 0 Å². The number of benzene rings is 1.